The van der Waals surface area contributed by atoms with Gasteiger partial charge in [-0.2, -0.15) is 0 Å². The fourth-order valence-corrected chi connectivity index (χ4v) is 1.95. The number of hydrogen-bond acceptors (Lipinski definition) is 6. The third-order valence-electron chi connectivity index (χ3n) is 3.14. The molecule has 1 amide bonds. The van der Waals surface area contributed by atoms with E-state index in [2.05, 4.69) is 5.32 Å². The zero-order chi connectivity index (χ0) is 17.6. The number of esters is 1. The lowest BCUT2D eigenvalue weighted by Gasteiger charge is -2.16. The number of amides is 1. The molecule has 7 heteroatoms. The van der Waals surface area contributed by atoms with Crippen LogP contribution in [0.5, 0.6) is 0 Å². The largest absolute Gasteiger partial charge is 0.467 e. The fourth-order valence-electron chi connectivity index (χ4n) is 1.95. The Bertz CT molecular complexity index is 479. The summed E-state index contributed by atoms with van der Waals surface area (Å²) in [5.41, 5.74) is 0.931. The van der Waals surface area contributed by atoms with E-state index in [0.29, 0.717) is 32.8 Å². The second-order valence-electron chi connectivity index (χ2n) is 4.99. The Kier molecular flexibility index (Phi) is 10.4. The van der Waals surface area contributed by atoms with Gasteiger partial charge in [-0.05, 0) is 5.56 Å². The summed E-state index contributed by atoms with van der Waals surface area (Å²) in [6, 6.07) is 8.66. The first-order chi connectivity index (χ1) is 11.7. The Labute approximate surface area is 142 Å². The van der Waals surface area contributed by atoms with Crippen molar-refractivity contribution in [3.05, 3.63) is 35.9 Å². The van der Waals surface area contributed by atoms with Crippen LogP contribution in [0.25, 0.3) is 0 Å². The van der Waals surface area contributed by atoms with Gasteiger partial charge in [-0.3, -0.25) is 4.79 Å². The summed E-state index contributed by atoms with van der Waals surface area (Å²) < 4.78 is 20.0. The molecule has 0 aliphatic carbocycles. The Morgan fingerprint density at radius 2 is 1.67 bits per heavy atom. The Hall–Kier alpha value is -1.96. The van der Waals surface area contributed by atoms with Crippen molar-refractivity contribution in [1.82, 2.24) is 5.32 Å². The molecule has 0 aromatic heterocycles. The van der Waals surface area contributed by atoms with E-state index in [0.717, 1.165) is 5.56 Å². The van der Waals surface area contributed by atoms with Gasteiger partial charge in [0, 0.05) is 13.5 Å². The number of methoxy groups -OCH3 is 2. The molecule has 1 atom stereocenters. The summed E-state index contributed by atoms with van der Waals surface area (Å²) in [7, 11) is 2.89. The summed E-state index contributed by atoms with van der Waals surface area (Å²) >= 11 is 0. The van der Waals surface area contributed by atoms with Crippen molar-refractivity contribution in [3.8, 4) is 0 Å². The molecule has 0 spiro atoms. The topological polar surface area (TPSA) is 83.1 Å². The minimum absolute atomic E-state index is 0.143. The van der Waals surface area contributed by atoms with Gasteiger partial charge in [0.15, 0.2) is 0 Å². The molecule has 0 aliphatic heterocycles. The second-order valence-corrected chi connectivity index (χ2v) is 4.99. The van der Waals surface area contributed by atoms with Gasteiger partial charge in [0.1, 0.15) is 12.6 Å². The van der Waals surface area contributed by atoms with Gasteiger partial charge in [0.2, 0.25) is 5.91 Å². The molecule has 0 unspecified atom stereocenters. The molecule has 0 saturated heterocycles. The maximum absolute atomic E-state index is 11.9. The standard InChI is InChI=1S/C17H25NO6/c1-21-8-9-23-10-11-24-13-16(19)18-15(17(20)22-2)12-14-6-4-3-5-7-14/h3-7,15H,8-13H2,1-2H3,(H,18,19)/t15-/m0/s1. The molecule has 7 nitrogen and oxygen atoms in total. The van der Waals surface area contributed by atoms with Gasteiger partial charge in [-0.1, -0.05) is 30.3 Å². The summed E-state index contributed by atoms with van der Waals surface area (Å²) in [5, 5.41) is 2.63. The lowest BCUT2D eigenvalue weighted by Crippen LogP contribution is -2.44. The Morgan fingerprint density at radius 1 is 1.00 bits per heavy atom. The number of carbonyl (C=O) groups is 2. The first kappa shape index (κ1) is 20.1. The van der Waals surface area contributed by atoms with Crippen LogP contribution in [0.15, 0.2) is 30.3 Å². The maximum Gasteiger partial charge on any atom is 0.328 e. The maximum atomic E-state index is 11.9. The van der Waals surface area contributed by atoms with Crippen molar-refractivity contribution in [1.29, 1.82) is 0 Å². The zero-order valence-corrected chi connectivity index (χ0v) is 14.2. The first-order valence-electron chi connectivity index (χ1n) is 7.73. The van der Waals surface area contributed by atoms with Crippen LogP contribution in [-0.4, -0.2) is 65.2 Å². The van der Waals surface area contributed by atoms with E-state index in [1.807, 2.05) is 30.3 Å². The highest BCUT2D eigenvalue weighted by molar-refractivity contribution is 5.85. The van der Waals surface area contributed by atoms with Gasteiger partial charge >= 0.3 is 5.97 Å². The molecular formula is C17H25NO6. The van der Waals surface area contributed by atoms with Gasteiger partial charge in [0.05, 0.1) is 33.5 Å². The van der Waals surface area contributed by atoms with E-state index in [1.54, 1.807) is 7.11 Å². The molecule has 1 N–H and O–H groups in total. The third kappa shape index (κ3) is 8.61. The summed E-state index contributed by atoms with van der Waals surface area (Å²) in [6.45, 7) is 1.52. The molecule has 0 aliphatic rings. The van der Waals surface area contributed by atoms with Crippen LogP contribution in [0.4, 0.5) is 0 Å². The summed E-state index contributed by atoms with van der Waals surface area (Å²) in [5.74, 6) is -0.867. The van der Waals surface area contributed by atoms with Crippen LogP contribution >= 0.6 is 0 Å². The Balaban J connectivity index is 2.32. The minimum Gasteiger partial charge on any atom is -0.467 e. The average Bonchev–Trinajstić information content (AvgIpc) is 2.60. The first-order valence-corrected chi connectivity index (χ1v) is 7.73. The molecule has 1 aromatic carbocycles. The van der Waals surface area contributed by atoms with E-state index in [-0.39, 0.29) is 12.5 Å². The monoisotopic (exact) mass is 339 g/mol. The van der Waals surface area contributed by atoms with Crippen LogP contribution in [0.3, 0.4) is 0 Å². The van der Waals surface area contributed by atoms with Crippen LogP contribution in [0, 0.1) is 0 Å². The summed E-state index contributed by atoms with van der Waals surface area (Å²) in [4.78, 5) is 23.7. The third-order valence-corrected chi connectivity index (χ3v) is 3.14. The lowest BCUT2D eigenvalue weighted by atomic mass is 10.1. The summed E-state index contributed by atoms with van der Waals surface area (Å²) in [6.07, 6.45) is 0.360. The fraction of sp³-hybridized carbons (Fsp3) is 0.529. The highest BCUT2D eigenvalue weighted by atomic mass is 16.5. The molecule has 0 heterocycles. The highest BCUT2D eigenvalue weighted by Gasteiger charge is 2.21. The molecule has 0 saturated carbocycles. The van der Waals surface area contributed by atoms with E-state index in [1.165, 1.54) is 7.11 Å². The highest BCUT2D eigenvalue weighted by Crippen LogP contribution is 2.04. The molecule has 0 bridgehead atoms. The Morgan fingerprint density at radius 3 is 2.33 bits per heavy atom. The molecule has 0 fully saturated rings. The van der Waals surface area contributed by atoms with Crippen LogP contribution in [0.1, 0.15) is 5.56 Å². The molecule has 134 valence electrons. The normalized spacial score (nSPS) is 11.8. The van der Waals surface area contributed by atoms with Crippen LogP contribution in [0.2, 0.25) is 0 Å². The zero-order valence-electron chi connectivity index (χ0n) is 14.2. The number of benzene rings is 1. The van der Waals surface area contributed by atoms with Crippen molar-refractivity contribution >= 4 is 11.9 Å². The smallest absolute Gasteiger partial charge is 0.328 e. The number of nitrogens with one attached hydrogen (secondary N) is 1. The number of ether oxygens (including phenoxy) is 4. The van der Waals surface area contributed by atoms with Gasteiger partial charge in [0.25, 0.3) is 0 Å². The predicted molar refractivity (Wildman–Crippen MR) is 87.6 cm³/mol. The molecule has 0 radical (unpaired) electrons. The van der Waals surface area contributed by atoms with E-state index in [4.69, 9.17) is 18.9 Å². The van der Waals surface area contributed by atoms with Crippen molar-refractivity contribution in [2.75, 3.05) is 47.3 Å². The van der Waals surface area contributed by atoms with Gasteiger partial charge < -0.3 is 24.3 Å². The lowest BCUT2D eigenvalue weighted by molar-refractivity contribution is -0.145. The van der Waals surface area contributed by atoms with Crippen LogP contribution < -0.4 is 5.32 Å². The molecular weight excluding hydrogens is 314 g/mol. The SMILES string of the molecule is COCCOCCOCC(=O)N[C@@H](Cc1ccccc1)C(=O)OC. The van der Waals surface area contributed by atoms with Crippen molar-refractivity contribution < 1.29 is 28.5 Å². The van der Waals surface area contributed by atoms with E-state index in [9.17, 15) is 9.59 Å². The van der Waals surface area contributed by atoms with E-state index >= 15 is 0 Å². The number of carbonyl (C=O) groups excluding carboxylic acids is 2. The molecule has 1 aromatic rings. The number of rotatable bonds is 12. The quantitative estimate of drug-likeness (QED) is 0.443. The minimum atomic E-state index is -0.744. The van der Waals surface area contributed by atoms with Crippen molar-refractivity contribution in [3.63, 3.8) is 0 Å². The van der Waals surface area contributed by atoms with E-state index < -0.39 is 12.0 Å². The molecule has 1 rings (SSSR count). The second kappa shape index (κ2) is 12.5. The van der Waals surface area contributed by atoms with Crippen molar-refractivity contribution in [2.45, 2.75) is 12.5 Å². The van der Waals surface area contributed by atoms with Gasteiger partial charge in [-0.25, -0.2) is 4.79 Å². The average molecular weight is 339 g/mol. The number of hydrogen-bond donors (Lipinski definition) is 1. The van der Waals surface area contributed by atoms with Crippen molar-refractivity contribution in [2.24, 2.45) is 0 Å². The van der Waals surface area contributed by atoms with Crippen LogP contribution in [-0.2, 0) is 35.0 Å². The van der Waals surface area contributed by atoms with Gasteiger partial charge in [-0.15, -0.1) is 0 Å². The molecule has 24 heavy (non-hydrogen) atoms. The predicted octanol–water partition coefficient (Wildman–Crippen LogP) is 0.567.